The fraction of sp³-hybridized carbons (Fsp3) is 0.500. The number of nitrogens with zero attached hydrogens (tertiary/aromatic N) is 4. The molecule has 6 nitrogen and oxygen atoms in total. The van der Waals surface area contributed by atoms with Gasteiger partial charge in [0, 0.05) is 32.6 Å². The summed E-state index contributed by atoms with van der Waals surface area (Å²) in [5.74, 6) is 1.59. The van der Waals surface area contributed by atoms with Gasteiger partial charge in [0.15, 0.2) is 0 Å². The van der Waals surface area contributed by atoms with Gasteiger partial charge in [-0.1, -0.05) is 24.3 Å². The van der Waals surface area contributed by atoms with E-state index in [-0.39, 0.29) is 0 Å². The first-order valence-electron chi connectivity index (χ1n) is 8.72. The van der Waals surface area contributed by atoms with Crippen LogP contribution in [0, 0.1) is 0 Å². The third kappa shape index (κ3) is 3.19. The van der Waals surface area contributed by atoms with Crippen molar-refractivity contribution in [1.82, 2.24) is 25.0 Å². The average Bonchev–Trinajstić information content (AvgIpc) is 3.26. The Kier molecular flexibility index (Phi) is 4.30. The summed E-state index contributed by atoms with van der Waals surface area (Å²) in [7, 11) is 0. The SMILES string of the molecule is O=C(CC1CCc2ccccc21)N1CCN(Cc2ncn[nH]2)CC1. The standard InChI is InChI=1S/C18H23N5O/c24-18(11-15-6-5-14-3-1-2-4-16(14)15)23-9-7-22(8-10-23)12-17-19-13-20-21-17/h1-4,13,15H,5-12H2,(H,19,20,21). The minimum Gasteiger partial charge on any atom is -0.340 e. The van der Waals surface area contributed by atoms with Crippen LogP contribution in [0.2, 0.25) is 0 Å². The van der Waals surface area contributed by atoms with Crippen LogP contribution in [0.15, 0.2) is 30.6 Å². The maximum Gasteiger partial charge on any atom is 0.223 e. The quantitative estimate of drug-likeness (QED) is 0.927. The molecule has 1 aromatic carbocycles. The molecule has 126 valence electrons. The van der Waals surface area contributed by atoms with Crippen LogP contribution in [0.3, 0.4) is 0 Å². The van der Waals surface area contributed by atoms with Crippen molar-refractivity contribution in [2.45, 2.75) is 31.7 Å². The minimum absolute atomic E-state index is 0.302. The lowest BCUT2D eigenvalue weighted by Crippen LogP contribution is -2.48. The highest BCUT2D eigenvalue weighted by Crippen LogP contribution is 2.35. The van der Waals surface area contributed by atoms with E-state index in [1.165, 1.54) is 17.5 Å². The van der Waals surface area contributed by atoms with Gasteiger partial charge in [0.05, 0.1) is 6.54 Å². The number of rotatable bonds is 4. The number of aromatic amines is 1. The topological polar surface area (TPSA) is 65.1 Å². The number of H-pyrrole nitrogens is 1. The third-order valence-corrected chi connectivity index (χ3v) is 5.24. The Morgan fingerprint density at radius 1 is 1.21 bits per heavy atom. The van der Waals surface area contributed by atoms with Crippen LogP contribution < -0.4 is 0 Å². The first kappa shape index (κ1) is 15.3. The maximum atomic E-state index is 12.7. The molecule has 2 aliphatic rings. The highest BCUT2D eigenvalue weighted by Gasteiger charge is 2.28. The van der Waals surface area contributed by atoms with Gasteiger partial charge in [0.1, 0.15) is 12.2 Å². The molecule has 1 N–H and O–H groups in total. The lowest BCUT2D eigenvalue weighted by Gasteiger charge is -2.34. The van der Waals surface area contributed by atoms with Crippen LogP contribution in [-0.4, -0.2) is 57.1 Å². The van der Waals surface area contributed by atoms with Gasteiger partial charge in [-0.05, 0) is 29.9 Å². The molecule has 0 spiro atoms. The van der Waals surface area contributed by atoms with Crippen molar-refractivity contribution in [2.24, 2.45) is 0 Å². The highest BCUT2D eigenvalue weighted by atomic mass is 16.2. The fourth-order valence-corrected chi connectivity index (χ4v) is 3.87. The number of carbonyl (C=O) groups excluding carboxylic acids is 1. The zero-order valence-electron chi connectivity index (χ0n) is 13.8. The Morgan fingerprint density at radius 3 is 2.83 bits per heavy atom. The molecule has 0 radical (unpaired) electrons. The monoisotopic (exact) mass is 325 g/mol. The van der Waals surface area contributed by atoms with E-state index in [1.54, 1.807) is 0 Å². The van der Waals surface area contributed by atoms with E-state index in [0.717, 1.165) is 51.4 Å². The predicted molar refractivity (Wildman–Crippen MR) is 90.4 cm³/mol. The van der Waals surface area contributed by atoms with E-state index in [0.29, 0.717) is 18.2 Å². The summed E-state index contributed by atoms with van der Waals surface area (Å²) in [5, 5.41) is 6.77. The number of piperazine rings is 1. The number of benzene rings is 1. The van der Waals surface area contributed by atoms with Crippen molar-refractivity contribution < 1.29 is 4.79 Å². The number of aryl methyl sites for hydroxylation is 1. The van der Waals surface area contributed by atoms with Gasteiger partial charge >= 0.3 is 0 Å². The van der Waals surface area contributed by atoms with E-state index in [9.17, 15) is 4.79 Å². The molecule has 0 bridgehead atoms. The smallest absolute Gasteiger partial charge is 0.223 e. The Morgan fingerprint density at radius 2 is 2.04 bits per heavy atom. The summed E-state index contributed by atoms with van der Waals surface area (Å²) < 4.78 is 0. The largest absolute Gasteiger partial charge is 0.340 e. The van der Waals surface area contributed by atoms with Crippen molar-refractivity contribution in [3.8, 4) is 0 Å². The molecule has 1 atom stereocenters. The van der Waals surface area contributed by atoms with Gasteiger partial charge in [-0.15, -0.1) is 0 Å². The summed E-state index contributed by atoms with van der Waals surface area (Å²) in [5.41, 5.74) is 2.81. The Labute approximate surface area is 141 Å². The molecule has 4 rings (SSSR count). The number of aromatic nitrogens is 3. The number of nitrogens with one attached hydrogen (secondary N) is 1. The molecule has 0 saturated carbocycles. The van der Waals surface area contributed by atoms with Crippen molar-refractivity contribution in [3.63, 3.8) is 0 Å². The number of hydrogen-bond acceptors (Lipinski definition) is 4. The second-order valence-electron chi connectivity index (χ2n) is 6.73. The number of carbonyl (C=O) groups is 1. The molecule has 1 fully saturated rings. The summed E-state index contributed by atoms with van der Waals surface area (Å²) in [6.07, 6.45) is 4.41. The van der Waals surface area contributed by atoms with Crippen LogP contribution in [0.1, 0.15) is 35.7 Å². The molecule has 24 heavy (non-hydrogen) atoms. The number of hydrogen-bond donors (Lipinski definition) is 1. The van der Waals surface area contributed by atoms with Crippen molar-refractivity contribution >= 4 is 5.91 Å². The second kappa shape index (κ2) is 6.73. The molecule has 6 heteroatoms. The van der Waals surface area contributed by atoms with Crippen molar-refractivity contribution in [1.29, 1.82) is 0 Å². The highest BCUT2D eigenvalue weighted by molar-refractivity contribution is 5.77. The first-order valence-corrected chi connectivity index (χ1v) is 8.72. The van der Waals surface area contributed by atoms with Crippen LogP contribution in [0.5, 0.6) is 0 Å². The van der Waals surface area contributed by atoms with E-state index < -0.39 is 0 Å². The summed E-state index contributed by atoms with van der Waals surface area (Å²) >= 11 is 0. The minimum atomic E-state index is 0.302. The van der Waals surface area contributed by atoms with E-state index in [1.807, 2.05) is 4.90 Å². The molecule has 2 aromatic rings. The van der Waals surface area contributed by atoms with Gasteiger partial charge in [0.25, 0.3) is 0 Å². The fourth-order valence-electron chi connectivity index (χ4n) is 3.87. The average molecular weight is 325 g/mol. The zero-order chi connectivity index (χ0) is 16.4. The molecule has 1 amide bonds. The lowest BCUT2D eigenvalue weighted by molar-refractivity contribution is -0.133. The van der Waals surface area contributed by atoms with Gasteiger partial charge in [0.2, 0.25) is 5.91 Å². The number of amides is 1. The van der Waals surface area contributed by atoms with E-state index >= 15 is 0 Å². The number of fused-ring (bicyclic) bond motifs is 1. The Bertz CT molecular complexity index is 691. The third-order valence-electron chi connectivity index (χ3n) is 5.24. The molecule has 2 heterocycles. The predicted octanol–water partition coefficient (Wildman–Crippen LogP) is 1.57. The Hall–Kier alpha value is -2.21. The second-order valence-corrected chi connectivity index (χ2v) is 6.73. The molecule has 1 aromatic heterocycles. The van der Waals surface area contributed by atoms with Crippen LogP contribution in [0.25, 0.3) is 0 Å². The van der Waals surface area contributed by atoms with Crippen LogP contribution in [0.4, 0.5) is 0 Å². The van der Waals surface area contributed by atoms with E-state index in [2.05, 4.69) is 44.3 Å². The van der Waals surface area contributed by atoms with Gasteiger partial charge in [-0.25, -0.2) is 4.98 Å². The normalized spacial score (nSPS) is 21.0. The summed E-state index contributed by atoms with van der Waals surface area (Å²) in [6, 6.07) is 8.57. The molecule has 1 saturated heterocycles. The van der Waals surface area contributed by atoms with Crippen LogP contribution >= 0.6 is 0 Å². The summed E-state index contributed by atoms with van der Waals surface area (Å²) in [6.45, 7) is 4.18. The van der Waals surface area contributed by atoms with Crippen molar-refractivity contribution in [3.05, 3.63) is 47.5 Å². The molecule has 1 aliphatic carbocycles. The first-order chi connectivity index (χ1) is 11.8. The van der Waals surface area contributed by atoms with Gasteiger partial charge < -0.3 is 4.90 Å². The molecular formula is C18H23N5O. The molecule has 1 aliphatic heterocycles. The molecule has 1 unspecified atom stereocenters. The maximum absolute atomic E-state index is 12.7. The van der Waals surface area contributed by atoms with Crippen molar-refractivity contribution in [2.75, 3.05) is 26.2 Å². The van der Waals surface area contributed by atoms with Crippen LogP contribution in [-0.2, 0) is 17.8 Å². The summed E-state index contributed by atoms with van der Waals surface area (Å²) in [4.78, 5) is 21.2. The lowest BCUT2D eigenvalue weighted by atomic mass is 9.97. The van der Waals surface area contributed by atoms with Gasteiger partial charge in [-0.2, -0.15) is 5.10 Å². The van der Waals surface area contributed by atoms with E-state index in [4.69, 9.17) is 0 Å². The van der Waals surface area contributed by atoms with Gasteiger partial charge in [-0.3, -0.25) is 14.8 Å². The zero-order valence-corrected chi connectivity index (χ0v) is 13.8. The molecular weight excluding hydrogens is 302 g/mol. The Balaban J connectivity index is 1.29.